The number of hydrogen-bond acceptors (Lipinski definition) is 6. The van der Waals surface area contributed by atoms with Crippen LogP contribution in [0, 0.1) is 24.6 Å². The van der Waals surface area contributed by atoms with Crippen LogP contribution in [0.15, 0.2) is 47.9 Å². The number of anilines is 1. The topological polar surface area (TPSA) is 114 Å². The Morgan fingerprint density at radius 3 is 2.80 bits per heavy atom. The zero-order chi connectivity index (χ0) is 21.3. The molecule has 2 N–H and O–H groups in total. The molecule has 4 rings (SSSR count). The van der Waals surface area contributed by atoms with E-state index in [1.807, 2.05) is 0 Å². The van der Waals surface area contributed by atoms with E-state index in [1.54, 1.807) is 12.3 Å². The van der Waals surface area contributed by atoms with Gasteiger partial charge in [-0.05, 0) is 25.1 Å². The maximum Gasteiger partial charge on any atom is 0.264 e. The number of rotatable bonds is 3. The monoisotopic (exact) mass is 442 g/mol. The molecular weight excluding hydrogens is 431 g/mol. The summed E-state index contributed by atoms with van der Waals surface area (Å²) in [6.07, 6.45) is 5.69. The lowest BCUT2D eigenvalue weighted by Crippen LogP contribution is -2.17. The number of fused-ring (bicyclic) bond motifs is 1. The average Bonchev–Trinajstić information content (AvgIpc) is 3.18. The molecule has 0 unspecified atom stereocenters. The van der Waals surface area contributed by atoms with Gasteiger partial charge >= 0.3 is 0 Å². The normalized spacial score (nSPS) is 11.2. The molecule has 0 amide bonds. The molecule has 8 nitrogen and oxygen atoms in total. The average molecular weight is 443 g/mol. The van der Waals surface area contributed by atoms with E-state index in [2.05, 4.69) is 41.7 Å². The fourth-order valence-corrected chi connectivity index (χ4v) is 4.05. The van der Waals surface area contributed by atoms with Crippen LogP contribution in [-0.4, -0.2) is 33.6 Å². The number of H-pyrrole nitrogens is 1. The number of nitrogens with one attached hydrogen (secondary N) is 2. The fourth-order valence-electron chi connectivity index (χ4n) is 2.60. The van der Waals surface area contributed by atoms with Gasteiger partial charge in [0.25, 0.3) is 10.0 Å². The van der Waals surface area contributed by atoms with Crippen molar-refractivity contribution in [2.45, 2.75) is 11.8 Å². The second-order valence-electron chi connectivity index (χ2n) is 6.15. The van der Waals surface area contributed by atoms with Gasteiger partial charge in [0.05, 0.1) is 22.5 Å². The molecule has 0 spiro atoms. The predicted molar refractivity (Wildman–Crippen MR) is 109 cm³/mol. The largest absolute Gasteiger partial charge is 0.264 e. The third-order valence-electron chi connectivity index (χ3n) is 4.05. The van der Waals surface area contributed by atoms with Gasteiger partial charge in [-0.15, -0.1) is 0 Å². The standard InChI is InChI=1S/C19H12ClFN6O2S/c1-11-16(7-15(20)10-23-11)30(28,29)27-19-17(21)13(4-5-22-19)3-2-12-6-14-9-25-26-18(14)24-8-12/h4-10H,1H3,(H,22,27)(H,24,25,26). The quantitative estimate of drug-likeness (QED) is 0.471. The summed E-state index contributed by atoms with van der Waals surface area (Å²) in [5.41, 5.74) is 1.34. The first-order valence-corrected chi connectivity index (χ1v) is 10.3. The van der Waals surface area contributed by atoms with E-state index < -0.39 is 21.7 Å². The van der Waals surface area contributed by atoms with E-state index in [4.69, 9.17) is 11.6 Å². The Labute approximate surface area is 175 Å². The number of aryl methyl sites for hydroxylation is 1. The maximum absolute atomic E-state index is 14.8. The molecule has 0 aliphatic rings. The Bertz CT molecular complexity index is 1440. The summed E-state index contributed by atoms with van der Waals surface area (Å²) in [5.74, 6) is 4.08. The predicted octanol–water partition coefficient (Wildman–Crippen LogP) is 3.05. The number of halogens is 2. The van der Waals surface area contributed by atoms with Gasteiger partial charge in [0.15, 0.2) is 17.3 Å². The maximum atomic E-state index is 14.8. The van der Waals surface area contributed by atoms with Crippen molar-refractivity contribution in [2.24, 2.45) is 0 Å². The summed E-state index contributed by atoms with van der Waals surface area (Å²) in [4.78, 5) is 11.7. The Kier molecular flexibility index (Phi) is 5.07. The number of aromatic nitrogens is 5. The summed E-state index contributed by atoms with van der Waals surface area (Å²) < 4.78 is 42.3. The lowest BCUT2D eigenvalue weighted by Gasteiger charge is -2.10. The molecule has 4 aromatic rings. The highest BCUT2D eigenvalue weighted by Gasteiger charge is 2.21. The van der Waals surface area contributed by atoms with Crippen molar-refractivity contribution in [1.29, 1.82) is 0 Å². The molecule has 0 bridgehead atoms. The van der Waals surface area contributed by atoms with E-state index in [9.17, 15) is 12.8 Å². The molecule has 0 radical (unpaired) electrons. The molecule has 4 aromatic heterocycles. The number of pyridine rings is 3. The van der Waals surface area contributed by atoms with Crippen LogP contribution in [-0.2, 0) is 10.0 Å². The molecular formula is C19H12ClFN6O2S. The third-order valence-corrected chi connectivity index (χ3v) is 5.71. The van der Waals surface area contributed by atoms with Gasteiger partial charge in [-0.2, -0.15) is 5.10 Å². The molecule has 0 fully saturated rings. The minimum atomic E-state index is -4.16. The van der Waals surface area contributed by atoms with Gasteiger partial charge in [0.2, 0.25) is 0 Å². The number of aromatic amines is 1. The van der Waals surface area contributed by atoms with Crippen LogP contribution >= 0.6 is 11.6 Å². The Morgan fingerprint density at radius 1 is 1.13 bits per heavy atom. The molecule has 0 atom stereocenters. The van der Waals surface area contributed by atoms with Crippen LogP contribution in [0.3, 0.4) is 0 Å². The number of hydrogen-bond donors (Lipinski definition) is 2. The van der Waals surface area contributed by atoms with Crippen LogP contribution in [0.5, 0.6) is 0 Å². The van der Waals surface area contributed by atoms with Crippen molar-refractivity contribution in [1.82, 2.24) is 25.1 Å². The third kappa shape index (κ3) is 3.94. The van der Waals surface area contributed by atoms with Crippen molar-refractivity contribution in [3.8, 4) is 11.8 Å². The van der Waals surface area contributed by atoms with Gasteiger partial charge in [-0.3, -0.25) is 14.8 Å². The Morgan fingerprint density at radius 2 is 1.97 bits per heavy atom. The molecule has 150 valence electrons. The minimum absolute atomic E-state index is 0.0315. The summed E-state index contributed by atoms with van der Waals surface area (Å²) in [6, 6.07) is 4.32. The molecule has 11 heteroatoms. The van der Waals surface area contributed by atoms with Crippen LogP contribution in [0.25, 0.3) is 11.0 Å². The lowest BCUT2D eigenvalue weighted by molar-refractivity contribution is 0.596. The first kappa shape index (κ1) is 19.8. The van der Waals surface area contributed by atoms with Crippen LogP contribution in [0.1, 0.15) is 16.8 Å². The van der Waals surface area contributed by atoms with E-state index >= 15 is 0 Å². The van der Waals surface area contributed by atoms with E-state index in [0.29, 0.717) is 11.2 Å². The molecule has 4 heterocycles. The van der Waals surface area contributed by atoms with Crippen LogP contribution < -0.4 is 4.72 Å². The van der Waals surface area contributed by atoms with Gasteiger partial charge in [-0.1, -0.05) is 23.4 Å². The van der Waals surface area contributed by atoms with Crippen molar-refractivity contribution >= 4 is 38.5 Å². The molecule has 0 saturated carbocycles. The molecule has 0 saturated heterocycles. The zero-order valence-electron chi connectivity index (χ0n) is 15.3. The summed E-state index contributed by atoms with van der Waals surface area (Å²) in [7, 11) is -4.16. The van der Waals surface area contributed by atoms with E-state index in [-0.39, 0.29) is 21.2 Å². The van der Waals surface area contributed by atoms with Crippen molar-refractivity contribution in [3.63, 3.8) is 0 Å². The second-order valence-corrected chi connectivity index (χ2v) is 8.23. The van der Waals surface area contributed by atoms with E-state index in [1.165, 1.54) is 37.6 Å². The van der Waals surface area contributed by atoms with Crippen molar-refractivity contribution < 1.29 is 12.8 Å². The highest BCUT2D eigenvalue weighted by molar-refractivity contribution is 7.92. The molecule has 0 aromatic carbocycles. The van der Waals surface area contributed by atoms with Gasteiger partial charge in [0.1, 0.15) is 4.90 Å². The zero-order valence-corrected chi connectivity index (χ0v) is 16.9. The summed E-state index contributed by atoms with van der Waals surface area (Å²) in [6.45, 7) is 1.50. The Hall–Kier alpha value is -3.55. The van der Waals surface area contributed by atoms with Crippen LogP contribution in [0.2, 0.25) is 5.02 Å². The SMILES string of the molecule is Cc1ncc(Cl)cc1S(=O)(=O)Nc1nccc(C#Cc2cnc3[nH]ncc3c2)c1F. The number of sulfonamides is 1. The van der Waals surface area contributed by atoms with Gasteiger partial charge in [0, 0.05) is 29.5 Å². The first-order valence-electron chi connectivity index (χ1n) is 8.44. The van der Waals surface area contributed by atoms with Gasteiger partial charge in [-0.25, -0.2) is 22.8 Å². The first-order chi connectivity index (χ1) is 14.3. The minimum Gasteiger partial charge on any atom is -0.261 e. The van der Waals surface area contributed by atoms with Crippen molar-refractivity contribution in [2.75, 3.05) is 4.72 Å². The van der Waals surface area contributed by atoms with Gasteiger partial charge < -0.3 is 0 Å². The number of nitrogens with zero attached hydrogens (tertiary/aromatic N) is 4. The molecule has 0 aliphatic carbocycles. The smallest absolute Gasteiger partial charge is 0.261 e. The molecule has 0 aliphatic heterocycles. The highest BCUT2D eigenvalue weighted by atomic mass is 35.5. The van der Waals surface area contributed by atoms with E-state index in [0.717, 1.165) is 5.39 Å². The lowest BCUT2D eigenvalue weighted by atomic mass is 10.2. The highest BCUT2D eigenvalue weighted by Crippen LogP contribution is 2.22. The fraction of sp³-hybridized carbons (Fsp3) is 0.0526. The van der Waals surface area contributed by atoms with Crippen molar-refractivity contribution in [3.05, 3.63) is 70.6 Å². The summed E-state index contributed by atoms with van der Waals surface area (Å²) in [5, 5.41) is 7.50. The summed E-state index contributed by atoms with van der Waals surface area (Å²) >= 11 is 5.84. The second kappa shape index (κ2) is 7.70. The molecule has 30 heavy (non-hydrogen) atoms. The Balaban J connectivity index is 1.66. The van der Waals surface area contributed by atoms with Crippen LogP contribution in [0.4, 0.5) is 10.2 Å².